The summed E-state index contributed by atoms with van der Waals surface area (Å²) in [6.07, 6.45) is 0. The summed E-state index contributed by atoms with van der Waals surface area (Å²) in [6, 6.07) is 0. The van der Waals surface area contributed by atoms with E-state index in [0.29, 0.717) is 11.8 Å². The summed E-state index contributed by atoms with van der Waals surface area (Å²) < 4.78 is 0. The Morgan fingerprint density at radius 3 is 1.80 bits per heavy atom. The Morgan fingerprint density at radius 2 is 1.53 bits per heavy atom. The van der Waals surface area contributed by atoms with Crippen LogP contribution in [0, 0.1) is 11.8 Å². The van der Waals surface area contributed by atoms with E-state index in [9.17, 15) is 4.79 Å². The Morgan fingerprint density at radius 1 is 1.13 bits per heavy atom. The van der Waals surface area contributed by atoms with E-state index in [1.165, 1.54) is 11.8 Å². The van der Waals surface area contributed by atoms with Crippen molar-refractivity contribution in [3.8, 4) is 0 Å². The summed E-state index contributed by atoms with van der Waals surface area (Å²) in [5, 5.41) is 0.231. The second kappa shape index (κ2) is 9.74. The van der Waals surface area contributed by atoms with Crippen LogP contribution in [0.4, 0.5) is 4.79 Å². The Balaban J connectivity index is 0. The van der Waals surface area contributed by atoms with Crippen molar-refractivity contribution in [1.82, 2.24) is 4.90 Å². The first-order chi connectivity index (χ1) is 6.47. The van der Waals surface area contributed by atoms with E-state index < -0.39 is 0 Å². The van der Waals surface area contributed by atoms with E-state index in [0.717, 1.165) is 18.8 Å². The molecule has 0 aliphatic carbocycles. The molecule has 0 N–H and O–H groups in total. The zero-order valence-corrected chi connectivity index (χ0v) is 12.9. The topological polar surface area (TPSA) is 20.3 Å². The molecular formula is C11H23NOSTi. The van der Waals surface area contributed by atoms with Crippen molar-refractivity contribution in [2.45, 2.75) is 34.6 Å². The summed E-state index contributed by atoms with van der Waals surface area (Å²) in [5.74, 6) is 1.97. The summed E-state index contributed by atoms with van der Waals surface area (Å²) in [7, 11) is 0. The molecule has 1 amide bonds. The molecule has 0 fully saturated rings. The van der Waals surface area contributed by atoms with Gasteiger partial charge in [0.1, 0.15) is 0 Å². The minimum Gasteiger partial charge on any atom is -0.333 e. The van der Waals surface area contributed by atoms with E-state index in [1.807, 2.05) is 11.8 Å². The molecule has 0 radical (unpaired) electrons. The molecule has 0 saturated carbocycles. The Hall–Kier alpha value is 0.534. The van der Waals surface area contributed by atoms with Gasteiger partial charge in [-0.05, 0) is 17.6 Å². The number of hydrogen-bond acceptors (Lipinski definition) is 2. The monoisotopic (exact) mass is 265 g/mol. The average Bonchev–Trinajstić information content (AvgIpc) is 2.01. The standard InChI is InChI=1S/C11H23NOS.Ti/c1-6-14-11(13)12(7-9(2)3)8-10(4)5;/h9-10H,6-8H2,1-5H3;. The normalized spacial score (nSPS) is 10.3. The minimum atomic E-state index is 0. The number of carbonyl (C=O) groups excluding carboxylic acids is 1. The van der Waals surface area contributed by atoms with Crippen molar-refractivity contribution in [2.24, 2.45) is 11.8 Å². The van der Waals surface area contributed by atoms with Gasteiger partial charge in [0, 0.05) is 34.8 Å². The SMILES string of the molecule is CCSC(=O)N(CC(C)C)CC(C)C.[Ti]. The molecule has 0 aromatic heterocycles. The van der Waals surface area contributed by atoms with E-state index in [4.69, 9.17) is 0 Å². The predicted molar refractivity (Wildman–Crippen MR) is 64.8 cm³/mol. The van der Waals surface area contributed by atoms with Gasteiger partial charge >= 0.3 is 0 Å². The molecule has 0 aliphatic rings. The zero-order valence-electron chi connectivity index (χ0n) is 10.5. The van der Waals surface area contributed by atoms with Gasteiger partial charge in [-0.15, -0.1) is 0 Å². The average molecular weight is 265 g/mol. The van der Waals surface area contributed by atoms with Gasteiger partial charge in [-0.2, -0.15) is 0 Å². The van der Waals surface area contributed by atoms with E-state index >= 15 is 0 Å². The van der Waals surface area contributed by atoms with Crippen molar-refractivity contribution in [3.63, 3.8) is 0 Å². The Labute approximate surface area is 113 Å². The first kappa shape index (κ1) is 17.9. The fourth-order valence-corrected chi connectivity index (χ4v) is 1.90. The van der Waals surface area contributed by atoms with Crippen LogP contribution in [0.15, 0.2) is 0 Å². The molecule has 0 saturated heterocycles. The van der Waals surface area contributed by atoms with Crippen LogP contribution in [0.25, 0.3) is 0 Å². The smallest absolute Gasteiger partial charge is 0.281 e. The fraction of sp³-hybridized carbons (Fsp3) is 0.909. The summed E-state index contributed by atoms with van der Waals surface area (Å²) >= 11 is 1.41. The molecule has 0 spiro atoms. The minimum absolute atomic E-state index is 0. The predicted octanol–water partition coefficient (Wildman–Crippen LogP) is 3.47. The van der Waals surface area contributed by atoms with Crippen LogP contribution < -0.4 is 0 Å². The van der Waals surface area contributed by atoms with Gasteiger partial charge in [-0.3, -0.25) is 4.79 Å². The fourth-order valence-electron chi connectivity index (χ4n) is 1.32. The van der Waals surface area contributed by atoms with E-state index in [2.05, 4.69) is 27.7 Å². The molecule has 4 heteroatoms. The van der Waals surface area contributed by atoms with Crippen molar-refractivity contribution < 1.29 is 26.5 Å². The molecule has 0 rings (SSSR count). The Bertz CT molecular complexity index is 164. The van der Waals surface area contributed by atoms with E-state index in [-0.39, 0.29) is 27.0 Å². The first-order valence-corrected chi connectivity index (χ1v) is 6.37. The third kappa shape index (κ3) is 9.46. The van der Waals surface area contributed by atoms with Crippen molar-refractivity contribution >= 4 is 17.0 Å². The maximum atomic E-state index is 11.7. The van der Waals surface area contributed by atoms with Gasteiger partial charge in [0.05, 0.1) is 0 Å². The molecule has 15 heavy (non-hydrogen) atoms. The van der Waals surface area contributed by atoms with Gasteiger partial charge in [-0.1, -0.05) is 46.4 Å². The van der Waals surface area contributed by atoms with Gasteiger partial charge < -0.3 is 4.90 Å². The number of amides is 1. The van der Waals surface area contributed by atoms with Gasteiger partial charge in [0.2, 0.25) is 0 Å². The molecule has 0 atom stereocenters. The van der Waals surface area contributed by atoms with Crippen LogP contribution in [-0.2, 0) is 21.7 Å². The van der Waals surface area contributed by atoms with Gasteiger partial charge in [-0.25, -0.2) is 0 Å². The zero-order chi connectivity index (χ0) is 11.1. The van der Waals surface area contributed by atoms with Crippen LogP contribution in [-0.4, -0.2) is 29.0 Å². The molecule has 88 valence electrons. The second-order valence-electron chi connectivity index (χ2n) is 4.39. The number of rotatable bonds is 5. The van der Waals surface area contributed by atoms with Gasteiger partial charge in [0.25, 0.3) is 5.24 Å². The maximum Gasteiger partial charge on any atom is 0.281 e. The molecular weight excluding hydrogens is 242 g/mol. The van der Waals surface area contributed by atoms with Crippen LogP contribution >= 0.6 is 11.8 Å². The number of hydrogen-bond donors (Lipinski definition) is 0. The van der Waals surface area contributed by atoms with Crippen molar-refractivity contribution in [3.05, 3.63) is 0 Å². The molecule has 2 nitrogen and oxygen atoms in total. The van der Waals surface area contributed by atoms with Crippen LogP contribution in [0.1, 0.15) is 34.6 Å². The number of carbonyl (C=O) groups is 1. The summed E-state index contributed by atoms with van der Waals surface area (Å²) in [6.45, 7) is 12.4. The number of nitrogens with zero attached hydrogens (tertiary/aromatic N) is 1. The van der Waals surface area contributed by atoms with Gasteiger partial charge in [0.15, 0.2) is 0 Å². The maximum absolute atomic E-state index is 11.7. The summed E-state index contributed by atoms with van der Waals surface area (Å²) in [4.78, 5) is 13.7. The molecule has 0 heterocycles. The summed E-state index contributed by atoms with van der Waals surface area (Å²) in [5.41, 5.74) is 0. The van der Waals surface area contributed by atoms with Crippen LogP contribution in [0.3, 0.4) is 0 Å². The third-order valence-corrected chi connectivity index (χ3v) is 2.49. The van der Waals surface area contributed by atoms with E-state index in [1.54, 1.807) is 0 Å². The third-order valence-electron chi connectivity index (χ3n) is 1.70. The largest absolute Gasteiger partial charge is 0.333 e. The molecule has 0 aromatic rings. The molecule has 0 bridgehead atoms. The Kier molecular flexibility index (Phi) is 11.6. The first-order valence-electron chi connectivity index (χ1n) is 5.39. The quantitative estimate of drug-likeness (QED) is 0.709. The van der Waals surface area contributed by atoms with Crippen LogP contribution in [0.5, 0.6) is 0 Å². The molecule has 0 unspecified atom stereocenters. The molecule has 0 aromatic carbocycles. The second-order valence-corrected chi connectivity index (χ2v) is 5.61. The van der Waals surface area contributed by atoms with Crippen molar-refractivity contribution in [1.29, 1.82) is 0 Å². The van der Waals surface area contributed by atoms with Crippen molar-refractivity contribution in [2.75, 3.05) is 18.8 Å². The van der Waals surface area contributed by atoms with Crippen LogP contribution in [0.2, 0.25) is 0 Å². The molecule has 0 aliphatic heterocycles. The number of thioether (sulfide) groups is 1.